The van der Waals surface area contributed by atoms with Crippen molar-refractivity contribution in [3.63, 3.8) is 0 Å². The molecule has 1 aliphatic rings. The lowest BCUT2D eigenvalue weighted by atomic mass is 10.2. The van der Waals surface area contributed by atoms with E-state index in [1.807, 2.05) is 24.5 Å². The van der Waals surface area contributed by atoms with Crippen molar-refractivity contribution in [1.29, 1.82) is 0 Å². The summed E-state index contributed by atoms with van der Waals surface area (Å²) in [4.78, 5) is 15.9. The fourth-order valence-electron chi connectivity index (χ4n) is 1.91. The van der Waals surface area contributed by atoms with E-state index in [0.29, 0.717) is 22.4 Å². The van der Waals surface area contributed by atoms with Crippen molar-refractivity contribution in [2.45, 2.75) is 11.3 Å². The van der Waals surface area contributed by atoms with Crippen molar-refractivity contribution in [2.24, 2.45) is 0 Å². The van der Waals surface area contributed by atoms with E-state index in [0.717, 1.165) is 12.0 Å². The second-order valence-corrected chi connectivity index (χ2v) is 7.01. The molecule has 1 amide bonds. The van der Waals surface area contributed by atoms with Gasteiger partial charge in [-0.25, -0.2) is 0 Å². The van der Waals surface area contributed by atoms with Gasteiger partial charge in [-0.3, -0.25) is 9.69 Å². The molecule has 1 heterocycles. The first-order chi connectivity index (χ1) is 10.2. The van der Waals surface area contributed by atoms with E-state index < -0.39 is 0 Å². The summed E-state index contributed by atoms with van der Waals surface area (Å²) in [5, 5.41) is 0. The Balaban J connectivity index is 2.08. The van der Waals surface area contributed by atoms with Crippen LogP contribution in [0.25, 0.3) is 6.08 Å². The van der Waals surface area contributed by atoms with Gasteiger partial charge in [-0.15, -0.1) is 11.8 Å². The van der Waals surface area contributed by atoms with Gasteiger partial charge >= 0.3 is 0 Å². The quantitative estimate of drug-likeness (QED) is 0.342. The molecule has 0 bridgehead atoms. The fourth-order valence-corrected chi connectivity index (χ4v) is 3.63. The van der Waals surface area contributed by atoms with Crippen molar-refractivity contribution in [3.05, 3.63) is 34.7 Å². The average molecular weight is 340 g/mol. The molecule has 0 spiro atoms. The Morgan fingerprint density at radius 3 is 2.71 bits per heavy atom. The first-order valence-corrected chi connectivity index (χ1v) is 8.99. The van der Waals surface area contributed by atoms with E-state index in [-0.39, 0.29) is 5.91 Å². The number of methoxy groups -OCH3 is 1. The van der Waals surface area contributed by atoms with Crippen LogP contribution in [-0.4, -0.2) is 41.6 Å². The predicted octanol–water partition coefficient (Wildman–Crippen LogP) is 3.65. The number of amides is 1. The molecular formula is C15H17NO2S3. The van der Waals surface area contributed by atoms with Gasteiger partial charge in [0.2, 0.25) is 0 Å². The third-order valence-corrected chi connectivity index (χ3v) is 5.14. The lowest BCUT2D eigenvalue weighted by Crippen LogP contribution is -2.29. The molecule has 0 N–H and O–H groups in total. The molecule has 112 valence electrons. The van der Waals surface area contributed by atoms with Gasteiger partial charge in [-0.1, -0.05) is 36.1 Å². The van der Waals surface area contributed by atoms with Gasteiger partial charge in [-0.2, -0.15) is 0 Å². The minimum atomic E-state index is -0.00459. The Bertz CT molecular complexity index is 555. The van der Waals surface area contributed by atoms with Crippen LogP contribution in [0.15, 0.2) is 34.1 Å². The van der Waals surface area contributed by atoms with Crippen LogP contribution in [0.4, 0.5) is 0 Å². The molecule has 0 atom stereocenters. The van der Waals surface area contributed by atoms with Gasteiger partial charge in [0.1, 0.15) is 4.32 Å². The Kier molecular flexibility index (Phi) is 6.29. The van der Waals surface area contributed by atoms with Crippen LogP contribution in [0, 0.1) is 0 Å². The normalized spacial score (nSPS) is 17.0. The molecule has 1 saturated heterocycles. The zero-order valence-corrected chi connectivity index (χ0v) is 14.4. The molecule has 1 aromatic carbocycles. The Morgan fingerprint density at radius 1 is 1.38 bits per heavy atom. The number of thioether (sulfide) groups is 2. The average Bonchev–Trinajstić information content (AvgIpc) is 2.75. The monoisotopic (exact) mass is 339 g/mol. The lowest BCUT2D eigenvalue weighted by molar-refractivity contribution is -0.122. The highest BCUT2D eigenvalue weighted by molar-refractivity contribution is 8.26. The second-order valence-electron chi connectivity index (χ2n) is 4.45. The van der Waals surface area contributed by atoms with Gasteiger partial charge in [0.05, 0.1) is 4.91 Å². The molecule has 2 rings (SSSR count). The molecular weight excluding hydrogens is 322 g/mol. The van der Waals surface area contributed by atoms with Gasteiger partial charge in [0, 0.05) is 25.2 Å². The van der Waals surface area contributed by atoms with E-state index in [4.69, 9.17) is 17.0 Å². The number of ether oxygens (including phenoxy) is 1. The van der Waals surface area contributed by atoms with Gasteiger partial charge in [0.15, 0.2) is 0 Å². The zero-order chi connectivity index (χ0) is 15.2. The number of hydrogen-bond donors (Lipinski definition) is 0. The summed E-state index contributed by atoms with van der Waals surface area (Å²) >= 11 is 8.35. The number of carbonyl (C=O) groups excluding carboxylic acids is 1. The van der Waals surface area contributed by atoms with E-state index in [2.05, 4.69) is 12.1 Å². The van der Waals surface area contributed by atoms with E-state index in [1.165, 1.54) is 16.7 Å². The number of nitrogens with zero attached hydrogens (tertiary/aromatic N) is 1. The predicted molar refractivity (Wildman–Crippen MR) is 94.6 cm³/mol. The third kappa shape index (κ3) is 4.32. The largest absolute Gasteiger partial charge is 0.385 e. The summed E-state index contributed by atoms with van der Waals surface area (Å²) in [5.74, 6) is -0.00459. The molecule has 3 nitrogen and oxygen atoms in total. The Hall–Kier alpha value is -0.820. The van der Waals surface area contributed by atoms with Crippen LogP contribution in [-0.2, 0) is 9.53 Å². The summed E-state index contributed by atoms with van der Waals surface area (Å²) in [6.07, 6.45) is 4.73. The molecule has 0 aliphatic carbocycles. The molecule has 0 saturated carbocycles. The Morgan fingerprint density at radius 2 is 2.10 bits per heavy atom. The van der Waals surface area contributed by atoms with E-state index in [1.54, 1.807) is 23.8 Å². The highest BCUT2D eigenvalue weighted by Crippen LogP contribution is 2.32. The molecule has 1 fully saturated rings. The Labute approximate surface area is 139 Å². The molecule has 6 heteroatoms. The molecule has 0 unspecified atom stereocenters. The molecule has 0 aromatic heterocycles. The SMILES string of the molecule is COCCCN1C(=O)/C(=C/c2ccc(SC)cc2)SC1=S. The van der Waals surface area contributed by atoms with Crippen molar-refractivity contribution in [3.8, 4) is 0 Å². The number of rotatable bonds is 6. The first-order valence-electron chi connectivity index (χ1n) is 6.54. The minimum Gasteiger partial charge on any atom is -0.385 e. The fraction of sp³-hybridized carbons (Fsp3) is 0.333. The molecule has 1 aliphatic heterocycles. The van der Waals surface area contributed by atoms with Crippen LogP contribution in [0.3, 0.4) is 0 Å². The maximum atomic E-state index is 12.3. The van der Waals surface area contributed by atoms with E-state index in [9.17, 15) is 4.79 Å². The highest BCUT2D eigenvalue weighted by atomic mass is 32.2. The van der Waals surface area contributed by atoms with Crippen molar-refractivity contribution in [2.75, 3.05) is 26.5 Å². The van der Waals surface area contributed by atoms with Crippen LogP contribution in [0.2, 0.25) is 0 Å². The zero-order valence-electron chi connectivity index (χ0n) is 12.0. The summed E-state index contributed by atoms with van der Waals surface area (Å²) in [6.45, 7) is 1.24. The number of carbonyl (C=O) groups is 1. The van der Waals surface area contributed by atoms with Crippen molar-refractivity contribution in [1.82, 2.24) is 4.90 Å². The maximum absolute atomic E-state index is 12.3. The van der Waals surface area contributed by atoms with Gasteiger partial charge < -0.3 is 4.74 Å². The van der Waals surface area contributed by atoms with Gasteiger partial charge in [-0.05, 0) is 36.4 Å². The van der Waals surface area contributed by atoms with E-state index >= 15 is 0 Å². The topological polar surface area (TPSA) is 29.5 Å². The molecule has 21 heavy (non-hydrogen) atoms. The highest BCUT2D eigenvalue weighted by Gasteiger charge is 2.31. The second kappa shape index (κ2) is 7.98. The number of hydrogen-bond acceptors (Lipinski definition) is 5. The minimum absolute atomic E-state index is 0.00459. The molecule has 0 radical (unpaired) electrons. The van der Waals surface area contributed by atoms with Crippen LogP contribution in [0.1, 0.15) is 12.0 Å². The maximum Gasteiger partial charge on any atom is 0.266 e. The lowest BCUT2D eigenvalue weighted by Gasteiger charge is -2.13. The van der Waals surface area contributed by atoms with Crippen LogP contribution in [0.5, 0.6) is 0 Å². The number of thiocarbonyl (C=S) groups is 1. The summed E-state index contributed by atoms with van der Waals surface area (Å²) in [6, 6.07) is 8.14. The van der Waals surface area contributed by atoms with Crippen molar-refractivity contribution >= 4 is 52.0 Å². The summed E-state index contributed by atoms with van der Waals surface area (Å²) in [5.41, 5.74) is 1.02. The first kappa shape index (κ1) is 16.5. The smallest absolute Gasteiger partial charge is 0.266 e. The number of benzene rings is 1. The van der Waals surface area contributed by atoms with Gasteiger partial charge in [0.25, 0.3) is 5.91 Å². The third-order valence-electron chi connectivity index (χ3n) is 3.02. The van der Waals surface area contributed by atoms with Crippen LogP contribution >= 0.6 is 35.7 Å². The molecule has 1 aromatic rings. The summed E-state index contributed by atoms with van der Waals surface area (Å²) in [7, 11) is 1.66. The standard InChI is InChI=1S/C15H17NO2S3/c1-18-9-3-8-16-14(17)13(21-15(16)19)10-11-4-6-12(20-2)7-5-11/h4-7,10H,3,8-9H2,1-2H3/b13-10-. The van der Waals surface area contributed by atoms with Crippen LogP contribution < -0.4 is 0 Å². The van der Waals surface area contributed by atoms with Crippen molar-refractivity contribution < 1.29 is 9.53 Å². The summed E-state index contributed by atoms with van der Waals surface area (Å²) < 4.78 is 5.64.